The van der Waals surface area contributed by atoms with Crippen LogP contribution in [0.5, 0.6) is 0 Å². The number of carboxylic acids is 1. The highest BCUT2D eigenvalue weighted by Gasteiger charge is 2.19. The molecule has 134 valence electrons. The second kappa shape index (κ2) is 9.12. The maximum absolute atomic E-state index is 12.1. The molecule has 7 nitrogen and oxygen atoms in total. The highest BCUT2D eigenvalue weighted by Crippen LogP contribution is 2.13. The van der Waals surface area contributed by atoms with Crippen LogP contribution in [-0.2, 0) is 16.0 Å². The van der Waals surface area contributed by atoms with E-state index < -0.39 is 22.8 Å². The number of hydrogen-bond donors (Lipinski definition) is 2. The van der Waals surface area contributed by atoms with Gasteiger partial charge in [-0.05, 0) is 17.5 Å². The largest absolute Gasteiger partial charge is 0.480 e. The number of carbonyl (C=O) groups excluding carboxylic acids is 1. The van der Waals surface area contributed by atoms with Crippen molar-refractivity contribution in [3.05, 3.63) is 81.9 Å². The van der Waals surface area contributed by atoms with Crippen molar-refractivity contribution in [2.45, 2.75) is 18.9 Å². The van der Waals surface area contributed by atoms with E-state index in [-0.39, 0.29) is 18.5 Å². The van der Waals surface area contributed by atoms with E-state index in [1.54, 1.807) is 18.2 Å². The zero-order valence-corrected chi connectivity index (χ0v) is 13.9. The number of nitro groups is 1. The fourth-order valence-electron chi connectivity index (χ4n) is 2.34. The molecule has 0 aliphatic heterocycles. The third kappa shape index (κ3) is 5.86. The van der Waals surface area contributed by atoms with Crippen LogP contribution >= 0.6 is 0 Å². The molecule has 1 atom stereocenters. The van der Waals surface area contributed by atoms with Crippen molar-refractivity contribution >= 4 is 23.6 Å². The average molecular weight is 354 g/mol. The first-order valence-electron chi connectivity index (χ1n) is 7.93. The highest BCUT2D eigenvalue weighted by atomic mass is 16.6. The van der Waals surface area contributed by atoms with Gasteiger partial charge in [0.05, 0.1) is 11.3 Å². The van der Waals surface area contributed by atoms with E-state index in [0.717, 1.165) is 5.56 Å². The molecule has 0 spiro atoms. The molecule has 2 rings (SSSR count). The van der Waals surface area contributed by atoms with Gasteiger partial charge < -0.3 is 10.4 Å². The maximum atomic E-state index is 12.1. The molecule has 2 aromatic carbocycles. The lowest BCUT2D eigenvalue weighted by Crippen LogP contribution is -2.41. The minimum absolute atomic E-state index is 0.115. The first-order chi connectivity index (χ1) is 12.5. The summed E-state index contributed by atoms with van der Waals surface area (Å²) in [6.45, 7) is 0. The van der Waals surface area contributed by atoms with E-state index in [2.05, 4.69) is 5.32 Å². The fourth-order valence-corrected chi connectivity index (χ4v) is 2.34. The number of amides is 1. The molecule has 0 unspecified atom stereocenters. The molecular formula is C19H18N2O5. The number of nitrogens with zero attached hydrogens (tertiary/aromatic N) is 1. The first kappa shape index (κ1) is 18.9. The molecule has 0 aliphatic rings. The smallest absolute Gasteiger partial charge is 0.326 e. The summed E-state index contributed by atoms with van der Waals surface area (Å²) in [7, 11) is 0. The Bertz CT molecular complexity index is 818. The topological polar surface area (TPSA) is 110 Å². The highest BCUT2D eigenvalue weighted by molar-refractivity contribution is 5.85. The molecule has 0 radical (unpaired) electrons. The fraction of sp³-hybridized carbons (Fsp3) is 0.158. The molecular weight excluding hydrogens is 336 g/mol. The third-order valence-electron chi connectivity index (χ3n) is 3.60. The third-order valence-corrected chi connectivity index (χ3v) is 3.60. The molecule has 0 aliphatic carbocycles. The van der Waals surface area contributed by atoms with Gasteiger partial charge in [0.2, 0.25) is 5.91 Å². The molecule has 0 saturated carbocycles. The van der Waals surface area contributed by atoms with Crippen molar-refractivity contribution in [1.82, 2.24) is 5.32 Å². The van der Waals surface area contributed by atoms with Crippen molar-refractivity contribution in [2.24, 2.45) is 0 Å². The van der Waals surface area contributed by atoms with Crippen molar-refractivity contribution in [3.8, 4) is 0 Å². The monoisotopic (exact) mass is 354 g/mol. The Morgan fingerprint density at radius 2 is 1.88 bits per heavy atom. The quantitative estimate of drug-likeness (QED) is 0.559. The van der Waals surface area contributed by atoms with Gasteiger partial charge in [-0.15, -0.1) is 0 Å². The zero-order chi connectivity index (χ0) is 18.9. The lowest BCUT2D eigenvalue weighted by atomic mass is 10.1. The summed E-state index contributed by atoms with van der Waals surface area (Å²) >= 11 is 0. The van der Waals surface area contributed by atoms with Gasteiger partial charge in [-0.3, -0.25) is 14.9 Å². The van der Waals surface area contributed by atoms with Gasteiger partial charge in [-0.2, -0.15) is 0 Å². The number of nitro benzene ring substituents is 1. The average Bonchev–Trinajstić information content (AvgIpc) is 2.61. The number of aliphatic carboxylic acids is 1. The van der Waals surface area contributed by atoms with Crippen LogP contribution in [0.3, 0.4) is 0 Å². The minimum Gasteiger partial charge on any atom is -0.480 e. The van der Waals surface area contributed by atoms with Gasteiger partial charge in [0.1, 0.15) is 6.04 Å². The van der Waals surface area contributed by atoms with Crippen LogP contribution in [0.2, 0.25) is 0 Å². The normalized spacial score (nSPS) is 11.8. The van der Waals surface area contributed by atoms with Gasteiger partial charge in [-0.1, -0.05) is 54.6 Å². The first-order valence-corrected chi connectivity index (χ1v) is 7.93. The summed E-state index contributed by atoms with van der Waals surface area (Å²) < 4.78 is 0. The Morgan fingerprint density at radius 1 is 1.15 bits per heavy atom. The number of carbonyl (C=O) groups is 2. The Kier molecular flexibility index (Phi) is 6.61. The Balaban J connectivity index is 1.95. The summed E-state index contributed by atoms with van der Waals surface area (Å²) in [5.74, 6) is -1.65. The number of hydrogen-bond acceptors (Lipinski definition) is 4. The zero-order valence-electron chi connectivity index (χ0n) is 13.9. The van der Waals surface area contributed by atoms with Gasteiger partial charge in [0.15, 0.2) is 0 Å². The van der Waals surface area contributed by atoms with Crippen molar-refractivity contribution < 1.29 is 19.6 Å². The van der Waals surface area contributed by atoms with Crippen LogP contribution in [0.1, 0.15) is 17.5 Å². The van der Waals surface area contributed by atoms with E-state index in [1.807, 2.05) is 30.3 Å². The Labute approximate surface area is 150 Å². The molecule has 26 heavy (non-hydrogen) atoms. The van der Waals surface area contributed by atoms with Gasteiger partial charge in [-0.25, -0.2) is 4.79 Å². The predicted molar refractivity (Wildman–Crippen MR) is 96.5 cm³/mol. The van der Waals surface area contributed by atoms with Crippen molar-refractivity contribution in [3.63, 3.8) is 0 Å². The molecule has 0 bridgehead atoms. The SMILES string of the molecule is O=C(Cc1cccc([N+](=O)[O-])c1)N[C@H](C/C=C/c1ccccc1)C(=O)O. The van der Waals surface area contributed by atoms with Crippen molar-refractivity contribution in [2.75, 3.05) is 0 Å². The lowest BCUT2D eigenvalue weighted by molar-refractivity contribution is -0.384. The number of carboxylic acid groups (broad SMARTS) is 1. The second-order valence-electron chi connectivity index (χ2n) is 5.61. The van der Waals surface area contributed by atoms with Crippen LogP contribution in [-0.4, -0.2) is 27.9 Å². The van der Waals surface area contributed by atoms with E-state index in [0.29, 0.717) is 5.56 Å². The van der Waals surface area contributed by atoms with Crippen LogP contribution in [0.4, 0.5) is 5.69 Å². The summed E-state index contributed by atoms with van der Waals surface area (Å²) in [6.07, 6.45) is 3.46. The summed E-state index contributed by atoms with van der Waals surface area (Å²) in [5, 5.41) is 22.5. The van der Waals surface area contributed by atoms with Crippen LogP contribution in [0.15, 0.2) is 60.7 Å². The summed E-state index contributed by atoms with van der Waals surface area (Å²) in [5.41, 5.74) is 1.26. The van der Waals surface area contributed by atoms with Gasteiger partial charge in [0.25, 0.3) is 5.69 Å². The lowest BCUT2D eigenvalue weighted by Gasteiger charge is -2.12. The van der Waals surface area contributed by atoms with Crippen LogP contribution < -0.4 is 5.32 Å². The molecule has 1 amide bonds. The molecule has 0 saturated heterocycles. The molecule has 2 aromatic rings. The van der Waals surface area contributed by atoms with Crippen LogP contribution in [0.25, 0.3) is 6.08 Å². The van der Waals surface area contributed by atoms with E-state index >= 15 is 0 Å². The van der Waals surface area contributed by atoms with Crippen molar-refractivity contribution in [1.29, 1.82) is 0 Å². The number of nitrogens with one attached hydrogen (secondary N) is 1. The van der Waals surface area contributed by atoms with Crippen LogP contribution in [0, 0.1) is 10.1 Å². The van der Waals surface area contributed by atoms with Gasteiger partial charge >= 0.3 is 5.97 Å². The van der Waals surface area contributed by atoms with E-state index in [9.17, 15) is 24.8 Å². The molecule has 7 heteroatoms. The second-order valence-corrected chi connectivity index (χ2v) is 5.61. The molecule has 0 aromatic heterocycles. The molecule has 0 fully saturated rings. The Morgan fingerprint density at radius 3 is 2.54 bits per heavy atom. The molecule has 2 N–H and O–H groups in total. The van der Waals surface area contributed by atoms with Gasteiger partial charge in [0, 0.05) is 12.1 Å². The van der Waals surface area contributed by atoms with E-state index in [1.165, 1.54) is 18.2 Å². The van der Waals surface area contributed by atoms with E-state index in [4.69, 9.17) is 0 Å². The number of benzene rings is 2. The minimum atomic E-state index is -1.14. The Hall–Kier alpha value is -3.48. The standard InChI is InChI=1S/C19H18N2O5/c22-18(13-15-9-4-10-16(12-15)21(25)26)20-17(19(23)24)11-5-8-14-6-2-1-3-7-14/h1-10,12,17H,11,13H2,(H,20,22)(H,23,24)/b8-5+/t17-/m1/s1. The number of rotatable bonds is 8. The molecule has 0 heterocycles. The maximum Gasteiger partial charge on any atom is 0.326 e. The predicted octanol–water partition coefficient (Wildman–Crippen LogP) is 2.81. The summed E-state index contributed by atoms with van der Waals surface area (Å²) in [4.78, 5) is 33.6. The summed E-state index contributed by atoms with van der Waals surface area (Å²) in [6, 6.07) is 14.0. The number of non-ortho nitro benzene ring substituents is 1.